The molecule has 1 heterocycles. The maximum absolute atomic E-state index is 12.6. The normalized spacial score (nSPS) is 42.8. The van der Waals surface area contributed by atoms with Crippen LogP contribution in [0, 0.1) is 22.7 Å². The van der Waals surface area contributed by atoms with Crippen LogP contribution in [0.15, 0.2) is 23.1 Å². The first-order valence-corrected chi connectivity index (χ1v) is 9.61. The molecule has 25 heavy (non-hydrogen) atoms. The lowest BCUT2D eigenvalue weighted by atomic mass is 9.44. The Labute approximate surface area is 149 Å². The van der Waals surface area contributed by atoms with Gasteiger partial charge in [-0.2, -0.15) is 0 Å². The Kier molecular flexibility index (Phi) is 3.36. The molecule has 2 fully saturated rings. The molecule has 4 rings (SSSR count). The van der Waals surface area contributed by atoms with Gasteiger partial charge in [0, 0.05) is 23.0 Å². The van der Waals surface area contributed by atoms with Gasteiger partial charge in [0.2, 0.25) is 11.6 Å². The molecule has 0 saturated heterocycles. The molecule has 0 radical (unpaired) electrons. The van der Waals surface area contributed by atoms with E-state index in [9.17, 15) is 9.59 Å². The second-order valence-electron chi connectivity index (χ2n) is 9.56. The number of carbonyl (C=O) groups is 2. The van der Waals surface area contributed by atoms with Crippen molar-refractivity contribution >= 4 is 11.6 Å². The summed E-state index contributed by atoms with van der Waals surface area (Å²) in [6, 6.07) is 0. The van der Waals surface area contributed by atoms with Crippen molar-refractivity contribution in [3.8, 4) is 0 Å². The topological polar surface area (TPSA) is 69.4 Å². The SMILES string of the molecule is C[C@H]1CCC2C(C)(C)CCC[C@@]23OC2=C(C[C@]13C)C(=O)C(N)=CC2=O. The third-order valence-electron chi connectivity index (χ3n) is 7.97. The summed E-state index contributed by atoms with van der Waals surface area (Å²) in [5.74, 6) is 0.698. The largest absolute Gasteiger partial charge is 0.482 e. The highest BCUT2D eigenvalue weighted by molar-refractivity contribution is 6.21. The Bertz CT molecular complexity index is 731. The average molecular weight is 343 g/mol. The van der Waals surface area contributed by atoms with Gasteiger partial charge in [-0.3, -0.25) is 9.59 Å². The molecule has 0 aromatic heterocycles. The Morgan fingerprint density at radius 3 is 2.60 bits per heavy atom. The minimum absolute atomic E-state index is 0.0517. The maximum atomic E-state index is 12.6. The molecular weight excluding hydrogens is 314 g/mol. The summed E-state index contributed by atoms with van der Waals surface area (Å²) in [6.45, 7) is 9.24. The minimum atomic E-state index is -0.346. The number of hydrogen-bond acceptors (Lipinski definition) is 4. The molecule has 1 unspecified atom stereocenters. The predicted molar refractivity (Wildman–Crippen MR) is 95.4 cm³/mol. The van der Waals surface area contributed by atoms with Crippen molar-refractivity contribution in [2.45, 2.75) is 71.8 Å². The van der Waals surface area contributed by atoms with Crippen LogP contribution in [0.4, 0.5) is 0 Å². The standard InChI is InChI=1S/C21H29NO3/c1-12-6-7-16-19(2,3)8-5-9-21(16)20(12,4)11-13-17(24)14(22)10-15(23)18(13)25-21/h10,12,16H,5-9,11,22H2,1-4H3/t12-,16?,20+,21+/m0/s1. The summed E-state index contributed by atoms with van der Waals surface area (Å²) in [5, 5.41) is 0. The van der Waals surface area contributed by atoms with E-state index in [1.54, 1.807) is 0 Å². The highest BCUT2D eigenvalue weighted by Gasteiger charge is 2.66. The van der Waals surface area contributed by atoms with Crippen LogP contribution in [0.25, 0.3) is 0 Å². The fourth-order valence-electron chi connectivity index (χ4n) is 6.33. The van der Waals surface area contributed by atoms with Gasteiger partial charge in [-0.15, -0.1) is 0 Å². The van der Waals surface area contributed by atoms with Crippen LogP contribution in [0.3, 0.4) is 0 Å². The molecule has 0 bridgehead atoms. The van der Waals surface area contributed by atoms with Crippen molar-refractivity contribution in [2.24, 2.45) is 28.4 Å². The van der Waals surface area contributed by atoms with Crippen LogP contribution >= 0.6 is 0 Å². The number of hydrogen-bond donors (Lipinski definition) is 1. The quantitative estimate of drug-likeness (QED) is 0.682. The molecular formula is C21H29NO3. The first-order valence-electron chi connectivity index (χ1n) is 9.61. The Morgan fingerprint density at radius 2 is 1.88 bits per heavy atom. The summed E-state index contributed by atoms with van der Waals surface area (Å²) in [6.07, 6.45) is 7.40. The van der Waals surface area contributed by atoms with E-state index in [0.717, 1.165) is 25.7 Å². The van der Waals surface area contributed by atoms with Gasteiger partial charge >= 0.3 is 0 Å². The molecule has 1 aliphatic heterocycles. The monoisotopic (exact) mass is 343 g/mol. The lowest BCUT2D eigenvalue weighted by molar-refractivity contribution is -0.237. The van der Waals surface area contributed by atoms with E-state index in [1.165, 1.54) is 12.5 Å². The third-order valence-corrected chi connectivity index (χ3v) is 7.97. The molecule has 3 aliphatic carbocycles. The van der Waals surface area contributed by atoms with E-state index in [0.29, 0.717) is 23.8 Å². The molecule has 4 heteroatoms. The van der Waals surface area contributed by atoms with Gasteiger partial charge in [-0.05, 0) is 49.9 Å². The second-order valence-corrected chi connectivity index (χ2v) is 9.56. The Morgan fingerprint density at radius 1 is 1.16 bits per heavy atom. The number of carbonyl (C=O) groups excluding carboxylic acids is 2. The van der Waals surface area contributed by atoms with Gasteiger partial charge in [0.05, 0.1) is 5.70 Å². The fourth-order valence-corrected chi connectivity index (χ4v) is 6.33. The number of rotatable bonds is 0. The summed E-state index contributed by atoms with van der Waals surface area (Å²) < 4.78 is 6.64. The molecule has 4 aliphatic rings. The number of ketones is 2. The molecule has 2 N–H and O–H groups in total. The van der Waals surface area contributed by atoms with E-state index in [1.807, 2.05) is 0 Å². The molecule has 0 aromatic carbocycles. The highest BCUT2D eigenvalue weighted by atomic mass is 16.5. The zero-order valence-corrected chi connectivity index (χ0v) is 15.8. The zero-order chi connectivity index (χ0) is 18.2. The van der Waals surface area contributed by atoms with Crippen molar-refractivity contribution in [2.75, 3.05) is 0 Å². The molecule has 136 valence electrons. The third kappa shape index (κ3) is 2.00. The van der Waals surface area contributed by atoms with Gasteiger partial charge in [-0.25, -0.2) is 0 Å². The zero-order valence-electron chi connectivity index (χ0n) is 15.8. The summed E-state index contributed by atoms with van der Waals surface area (Å²) in [7, 11) is 0. The molecule has 4 atom stereocenters. The van der Waals surface area contributed by atoms with Crippen LogP contribution < -0.4 is 5.73 Å². The molecule has 2 saturated carbocycles. The van der Waals surface area contributed by atoms with Crippen LogP contribution in [0.2, 0.25) is 0 Å². The second kappa shape index (κ2) is 4.99. The van der Waals surface area contributed by atoms with E-state index in [-0.39, 0.29) is 39.5 Å². The van der Waals surface area contributed by atoms with Crippen molar-refractivity contribution in [1.82, 2.24) is 0 Å². The van der Waals surface area contributed by atoms with Crippen LogP contribution in [-0.2, 0) is 14.3 Å². The van der Waals surface area contributed by atoms with Crippen molar-refractivity contribution < 1.29 is 14.3 Å². The van der Waals surface area contributed by atoms with Gasteiger partial charge in [-0.1, -0.05) is 27.7 Å². The van der Waals surface area contributed by atoms with E-state index < -0.39 is 0 Å². The average Bonchev–Trinajstić information content (AvgIpc) is 2.52. The lowest BCUT2D eigenvalue weighted by Crippen LogP contribution is -2.66. The summed E-state index contributed by atoms with van der Waals surface area (Å²) >= 11 is 0. The van der Waals surface area contributed by atoms with Crippen LogP contribution in [0.1, 0.15) is 66.2 Å². The molecule has 1 spiro atoms. The summed E-state index contributed by atoms with van der Waals surface area (Å²) in [4.78, 5) is 25.2. The Balaban J connectivity index is 1.89. The lowest BCUT2D eigenvalue weighted by Gasteiger charge is -2.66. The van der Waals surface area contributed by atoms with E-state index >= 15 is 0 Å². The van der Waals surface area contributed by atoms with Gasteiger partial charge in [0.1, 0.15) is 5.60 Å². The maximum Gasteiger partial charge on any atom is 0.223 e. The van der Waals surface area contributed by atoms with E-state index in [4.69, 9.17) is 10.5 Å². The Hall–Kier alpha value is -1.58. The molecule has 0 amide bonds. The van der Waals surface area contributed by atoms with Gasteiger partial charge in [0.15, 0.2) is 5.76 Å². The van der Waals surface area contributed by atoms with E-state index in [2.05, 4.69) is 27.7 Å². The van der Waals surface area contributed by atoms with Crippen LogP contribution in [0.5, 0.6) is 0 Å². The number of allylic oxidation sites excluding steroid dienone is 2. The highest BCUT2D eigenvalue weighted by Crippen LogP contribution is 2.67. The first kappa shape index (κ1) is 16.9. The number of Topliss-reactive ketones (excluding diaryl/α,β-unsaturated/α-hetero) is 1. The van der Waals surface area contributed by atoms with Crippen molar-refractivity contribution in [3.05, 3.63) is 23.1 Å². The van der Waals surface area contributed by atoms with Gasteiger partial charge < -0.3 is 10.5 Å². The summed E-state index contributed by atoms with van der Waals surface area (Å²) in [5.41, 5.74) is 6.06. The first-order chi connectivity index (χ1) is 11.6. The van der Waals surface area contributed by atoms with Crippen molar-refractivity contribution in [3.63, 3.8) is 0 Å². The number of nitrogens with two attached hydrogens (primary N) is 1. The van der Waals surface area contributed by atoms with Gasteiger partial charge in [0.25, 0.3) is 0 Å². The fraction of sp³-hybridized carbons (Fsp3) is 0.714. The predicted octanol–water partition coefficient (Wildman–Crippen LogP) is 3.66. The smallest absolute Gasteiger partial charge is 0.223 e. The van der Waals surface area contributed by atoms with Crippen molar-refractivity contribution in [1.29, 1.82) is 0 Å². The minimum Gasteiger partial charge on any atom is -0.482 e. The number of ether oxygens (including phenoxy) is 1. The molecule has 4 nitrogen and oxygen atoms in total. The molecule has 0 aromatic rings. The van der Waals surface area contributed by atoms with Crippen LogP contribution in [-0.4, -0.2) is 17.2 Å².